The second-order valence-electron chi connectivity index (χ2n) is 9.84. The van der Waals surface area contributed by atoms with Crippen LogP contribution in [0.3, 0.4) is 0 Å². The number of ketones is 1. The van der Waals surface area contributed by atoms with Crippen molar-refractivity contribution in [3.8, 4) is 11.5 Å². The lowest BCUT2D eigenvalue weighted by atomic mass is 9.89. The van der Waals surface area contributed by atoms with Gasteiger partial charge in [-0.15, -0.1) is 0 Å². The number of fused-ring (bicyclic) bond motifs is 2. The van der Waals surface area contributed by atoms with Crippen LogP contribution in [0, 0.1) is 6.92 Å². The van der Waals surface area contributed by atoms with Crippen molar-refractivity contribution in [1.82, 2.24) is 0 Å². The zero-order valence-corrected chi connectivity index (χ0v) is 22.5. The van der Waals surface area contributed by atoms with Crippen molar-refractivity contribution < 1.29 is 24.2 Å². The molecule has 190 valence electrons. The number of ether oxygens (including phenoxy) is 2. The van der Waals surface area contributed by atoms with Gasteiger partial charge in [0.05, 0.1) is 18.7 Å². The predicted molar refractivity (Wildman–Crippen MR) is 146 cm³/mol. The summed E-state index contributed by atoms with van der Waals surface area (Å²) in [5.41, 5.74) is 3.08. The highest BCUT2D eigenvalue weighted by molar-refractivity contribution is 9.10. The van der Waals surface area contributed by atoms with Gasteiger partial charge in [-0.3, -0.25) is 9.59 Å². The van der Waals surface area contributed by atoms with Crippen molar-refractivity contribution >= 4 is 39.4 Å². The molecule has 3 aromatic carbocycles. The van der Waals surface area contributed by atoms with Gasteiger partial charge in [0.15, 0.2) is 22.9 Å². The summed E-state index contributed by atoms with van der Waals surface area (Å²) < 4.78 is 11.4. The highest BCUT2D eigenvalue weighted by Gasteiger charge is 2.50. The third-order valence-electron chi connectivity index (χ3n) is 6.95. The zero-order chi connectivity index (χ0) is 26.3. The molecule has 0 fully saturated rings. The lowest BCUT2D eigenvalue weighted by Gasteiger charge is -2.23. The quantitative estimate of drug-likeness (QED) is 0.357. The van der Waals surface area contributed by atoms with Crippen molar-refractivity contribution in [2.75, 3.05) is 11.7 Å². The van der Waals surface area contributed by atoms with E-state index in [0.717, 1.165) is 21.2 Å². The molecule has 3 aromatic rings. The maximum Gasteiger partial charge on any atom is 0.264 e. The van der Waals surface area contributed by atoms with Gasteiger partial charge in [0.1, 0.15) is 0 Å². The number of carbonyl (C=O) groups is 2. The average Bonchev–Trinajstić information content (AvgIpc) is 3.41. The first-order chi connectivity index (χ1) is 17.7. The number of aryl methyl sites for hydroxylation is 1. The predicted octanol–water partition coefficient (Wildman–Crippen LogP) is 6.02. The Hall–Kier alpha value is -3.42. The van der Waals surface area contributed by atoms with E-state index < -0.39 is 11.5 Å². The Morgan fingerprint density at radius 1 is 1.11 bits per heavy atom. The SMILES string of the molecule is Cc1ccc(C(C)C)cc1CN1C(=O)C(O)(CC(=O)C=Cc2ccc3c(c2)OCO3)c2cc(Br)ccc21. The summed E-state index contributed by atoms with van der Waals surface area (Å²) >= 11 is 3.45. The Morgan fingerprint density at radius 2 is 1.89 bits per heavy atom. The molecule has 6 nitrogen and oxygen atoms in total. The fourth-order valence-corrected chi connectivity index (χ4v) is 5.12. The van der Waals surface area contributed by atoms with E-state index in [4.69, 9.17) is 9.47 Å². The van der Waals surface area contributed by atoms with Gasteiger partial charge in [-0.05, 0) is 71.5 Å². The highest BCUT2D eigenvalue weighted by Crippen LogP contribution is 2.45. The number of amides is 1. The molecule has 7 heteroatoms. The molecule has 1 amide bonds. The second kappa shape index (κ2) is 9.80. The van der Waals surface area contributed by atoms with E-state index in [1.807, 2.05) is 25.1 Å². The lowest BCUT2D eigenvalue weighted by molar-refractivity contribution is -0.140. The third-order valence-corrected chi connectivity index (χ3v) is 7.44. The first-order valence-electron chi connectivity index (χ1n) is 12.2. The largest absolute Gasteiger partial charge is 0.454 e. The average molecular weight is 562 g/mol. The minimum atomic E-state index is -1.96. The van der Waals surface area contributed by atoms with Gasteiger partial charge < -0.3 is 19.5 Å². The van der Waals surface area contributed by atoms with Gasteiger partial charge in [0.2, 0.25) is 6.79 Å². The molecular weight excluding hydrogens is 534 g/mol. The number of hydrogen-bond acceptors (Lipinski definition) is 5. The van der Waals surface area contributed by atoms with Crippen LogP contribution in [0.25, 0.3) is 6.08 Å². The Kier molecular flexibility index (Phi) is 6.68. The molecule has 1 N–H and O–H groups in total. The molecule has 0 aliphatic carbocycles. The van der Waals surface area contributed by atoms with Crippen LogP contribution in [-0.2, 0) is 21.7 Å². The molecule has 1 unspecified atom stereocenters. The van der Waals surface area contributed by atoms with E-state index in [0.29, 0.717) is 35.2 Å². The minimum absolute atomic E-state index is 0.170. The standard InChI is InChI=1S/C30H28BrNO5/c1-18(2)21-7-4-19(3)22(13-21)16-32-26-10-8-23(31)14-25(26)30(35,29(32)34)15-24(33)9-5-20-6-11-27-28(12-20)37-17-36-27/h4-14,18,35H,15-17H2,1-3H3. The molecule has 0 radical (unpaired) electrons. The number of allylic oxidation sites excluding steroid dienone is 1. The Bertz CT molecular complexity index is 1430. The number of rotatable bonds is 7. The van der Waals surface area contributed by atoms with Gasteiger partial charge in [-0.2, -0.15) is 0 Å². The molecule has 0 spiro atoms. The number of hydrogen-bond donors (Lipinski definition) is 1. The maximum atomic E-state index is 13.7. The molecule has 1 atom stereocenters. The number of halogens is 1. The molecule has 2 heterocycles. The Morgan fingerprint density at radius 3 is 2.68 bits per heavy atom. The molecular formula is C30H28BrNO5. The van der Waals surface area contributed by atoms with E-state index >= 15 is 0 Å². The number of carbonyl (C=O) groups excluding carboxylic acids is 2. The van der Waals surface area contributed by atoms with Crippen molar-refractivity contribution in [3.05, 3.63) is 93.0 Å². The van der Waals surface area contributed by atoms with Crippen molar-refractivity contribution in [1.29, 1.82) is 0 Å². The number of anilines is 1. The molecule has 0 bridgehead atoms. The van der Waals surface area contributed by atoms with Crippen LogP contribution in [0.1, 0.15) is 54.0 Å². The molecule has 5 rings (SSSR count). The van der Waals surface area contributed by atoms with E-state index in [2.05, 4.69) is 48.0 Å². The number of nitrogens with zero attached hydrogens (tertiary/aromatic N) is 1. The van der Waals surface area contributed by atoms with Crippen molar-refractivity contribution in [3.63, 3.8) is 0 Å². The topological polar surface area (TPSA) is 76.1 Å². The third kappa shape index (κ3) is 4.81. The van der Waals surface area contributed by atoms with Crippen LogP contribution in [0.5, 0.6) is 11.5 Å². The fourth-order valence-electron chi connectivity index (χ4n) is 4.76. The van der Waals surface area contributed by atoms with Gasteiger partial charge in [-0.25, -0.2) is 0 Å². The normalized spacial score (nSPS) is 18.2. The Balaban J connectivity index is 1.42. The first-order valence-corrected chi connectivity index (χ1v) is 13.0. The fraction of sp³-hybridized carbons (Fsp3) is 0.267. The smallest absolute Gasteiger partial charge is 0.264 e. The monoisotopic (exact) mass is 561 g/mol. The van der Waals surface area contributed by atoms with Crippen molar-refractivity contribution in [2.24, 2.45) is 0 Å². The minimum Gasteiger partial charge on any atom is -0.454 e. The van der Waals surface area contributed by atoms with E-state index in [-0.39, 0.29) is 19.0 Å². The summed E-state index contributed by atoms with van der Waals surface area (Å²) in [7, 11) is 0. The van der Waals surface area contributed by atoms with Crippen LogP contribution in [0.2, 0.25) is 0 Å². The van der Waals surface area contributed by atoms with Crippen LogP contribution >= 0.6 is 15.9 Å². The van der Waals surface area contributed by atoms with Gasteiger partial charge in [-0.1, -0.05) is 60.1 Å². The lowest BCUT2D eigenvalue weighted by Crippen LogP contribution is -2.41. The molecule has 2 aliphatic rings. The summed E-state index contributed by atoms with van der Waals surface area (Å²) in [6, 6.07) is 17.0. The molecule has 0 saturated heterocycles. The molecule has 2 aliphatic heterocycles. The van der Waals surface area contributed by atoms with Crippen LogP contribution in [0.4, 0.5) is 5.69 Å². The summed E-state index contributed by atoms with van der Waals surface area (Å²) in [6.07, 6.45) is 2.67. The van der Waals surface area contributed by atoms with Gasteiger partial charge in [0, 0.05) is 10.0 Å². The Labute approximate surface area is 224 Å². The van der Waals surface area contributed by atoms with Crippen LogP contribution in [0.15, 0.2) is 65.1 Å². The molecule has 37 heavy (non-hydrogen) atoms. The summed E-state index contributed by atoms with van der Waals surface area (Å²) in [5.74, 6) is 0.762. The first kappa shape index (κ1) is 25.2. The zero-order valence-electron chi connectivity index (χ0n) is 21.0. The highest BCUT2D eigenvalue weighted by atomic mass is 79.9. The van der Waals surface area contributed by atoms with E-state index in [1.165, 1.54) is 11.6 Å². The number of benzene rings is 3. The molecule has 0 saturated carbocycles. The van der Waals surface area contributed by atoms with Crippen LogP contribution < -0.4 is 14.4 Å². The van der Waals surface area contributed by atoms with Crippen molar-refractivity contribution in [2.45, 2.75) is 45.3 Å². The maximum absolute atomic E-state index is 13.7. The summed E-state index contributed by atoms with van der Waals surface area (Å²) in [5, 5.41) is 11.7. The van der Waals surface area contributed by atoms with E-state index in [1.54, 1.807) is 29.2 Å². The number of aliphatic hydroxyl groups is 1. The molecule has 0 aromatic heterocycles. The van der Waals surface area contributed by atoms with Gasteiger partial charge in [0.25, 0.3) is 5.91 Å². The second-order valence-corrected chi connectivity index (χ2v) is 10.8. The van der Waals surface area contributed by atoms with Crippen LogP contribution in [-0.4, -0.2) is 23.6 Å². The summed E-state index contributed by atoms with van der Waals surface area (Å²) in [4.78, 5) is 28.3. The van der Waals surface area contributed by atoms with E-state index in [9.17, 15) is 14.7 Å². The van der Waals surface area contributed by atoms with Gasteiger partial charge >= 0.3 is 0 Å². The summed E-state index contributed by atoms with van der Waals surface area (Å²) in [6.45, 7) is 6.75.